The van der Waals surface area contributed by atoms with Gasteiger partial charge in [0.1, 0.15) is 23.0 Å². The standard InChI is InChI=1S/C19H18O6/c1-4-22-19(21)12(3)24-14-7-8-15-16(9-14)25-17(18(15)20)10-13-6-5-11(2)23-13/h5-10,12H,4H2,1-3H3/t12-/m1/s1. The van der Waals surface area contributed by atoms with Crippen LogP contribution in [-0.2, 0) is 9.53 Å². The largest absolute Gasteiger partial charge is 0.479 e. The topological polar surface area (TPSA) is 75.0 Å². The van der Waals surface area contributed by atoms with E-state index >= 15 is 0 Å². The Hall–Kier alpha value is -3.02. The van der Waals surface area contributed by atoms with Gasteiger partial charge >= 0.3 is 5.97 Å². The molecule has 1 aromatic carbocycles. The van der Waals surface area contributed by atoms with Crippen molar-refractivity contribution in [3.05, 3.63) is 53.2 Å². The van der Waals surface area contributed by atoms with Crippen LogP contribution < -0.4 is 9.47 Å². The van der Waals surface area contributed by atoms with Crippen LogP contribution >= 0.6 is 0 Å². The summed E-state index contributed by atoms with van der Waals surface area (Å²) in [4.78, 5) is 24.0. The number of carbonyl (C=O) groups excluding carboxylic acids is 2. The average Bonchev–Trinajstić information content (AvgIpc) is 3.11. The fourth-order valence-electron chi connectivity index (χ4n) is 2.41. The van der Waals surface area contributed by atoms with Crippen LogP contribution in [0.15, 0.2) is 40.5 Å². The number of fused-ring (bicyclic) bond motifs is 1. The summed E-state index contributed by atoms with van der Waals surface area (Å²) in [5, 5.41) is 0. The van der Waals surface area contributed by atoms with E-state index in [1.807, 2.05) is 13.0 Å². The molecule has 1 aromatic heterocycles. The van der Waals surface area contributed by atoms with Crippen molar-refractivity contribution in [2.45, 2.75) is 26.9 Å². The SMILES string of the molecule is CCOC(=O)[C@@H](C)Oc1ccc2c(c1)OC(=Cc1ccc(C)o1)C2=O. The second-order valence-corrected chi connectivity index (χ2v) is 5.56. The number of benzene rings is 1. The number of hydrogen-bond acceptors (Lipinski definition) is 6. The lowest BCUT2D eigenvalue weighted by molar-refractivity contribution is -0.150. The first-order chi connectivity index (χ1) is 12.0. The Balaban J connectivity index is 1.77. The summed E-state index contributed by atoms with van der Waals surface area (Å²) in [5.41, 5.74) is 0.436. The normalized spacial score (nSPS) is 15.6. The second-order valence-electron chi connectivity index (χ2n) is 5.56. The van der Waals surface area contributed by atoms with Crippen molar-refractivity contribution < 1.29 is 28.2 Å². The molecule has 1 aliphatic heterocycles. The molecule has 1 atom stereocenters. The van der Waals surface area contributed by atoms with Crippen LogP contribution in [0.5, 0.6) is 11.5 Å². The Morgan fingerprint density at radius 3 is 2.76 bits per heavy atom. The van der Waals surface area contributed by atoms with Gasteiger partial charge in [0, 0.05) is 12.1 Å². The number of allylic oxidation sites excluding steroid dienone is 1. The monoisotopic (exact) mass is 342 g/mol. The summed E-state index contributed by atoms with van der Waals surface area (Å²) in [5.74, 6) is 1.59. The first kappa shape index (κ1) is 16.8. The van der Waals surface area contributed by atoms with Gasteiger partial charge in [0.2, 0.25) is 5.78 Å². The lowest BCUT2D eigenvalue weighted by Crippen LogP contribution is -2.26. The Kier molecular flexibility index (Phi) is 4.61. The molecule has 3 rings (SSSR count). The Bertz CT molecular complexity index is 845. The van der Waals surface area contributed by atoms with Gasteiger partial charge in [0.15, 0.2) is 11.9 Å². The molecule has 1 aliphatic rings. The first-order valence-corrected chi connectivity index (χ1v) is 7.96. The third-order valence-corrected chi connectivity index (χ3v) is 3.61. The van der Waals surface area contributed by atoms with Crippen molar-refractivity contribution >= 4 is 17.8 Å². The molecule has 130 valence electrons. The quantitative estimate of drug-likeness (QED) is 0.611. The molecule has 0 N–H and O–H groups in total. The van der Waals surface area contributed by atoms with Gasteiger partial charge in [-0.1, -0.05) is 0 Å². The summed E-state index contributed by atoms with van der Waals surface area (Å²) >= 11 is 0. The van der Waals surface area contributed by atoms with Gasteiger partial charge in [-0.05, 0) is 45.0 Å². The van der Waals surface area contributed by atoms with Crippen molar-refractivity contribution in [1.29, 1.82) is 0 Å². The third-order valence-electron chi connectivity index (χ3n) is 3.61. The van der Waals surface area contributed by atoms with Gasteiger partial charge in [0.05, 0.1) is 12.2 Å². The minimum atomic E-state index is -0.754. The number of Topliss-reactive ketones (excluding diaryl/α,β-unsaturated/α-hetero) is 1. The molecule has 0 bridgehead atoms. The maximum atomic E-state index is 12.4. The van der Waals surface area contributed by atoms with E-state index in [-0.39, 0.29) is 18.1 Å². The van der Waals surface area contributed by atoms with E-state index < -0.39 is 12.1 Å². The highest BCUT2D eigenvalue weighted by molar-refractivity contribution is 6.14. The predicted molar refractivity (Wildman–Crippen MR) is 89.5 cm³/mol. The van der Waals surface area contributed by atoms with Gasteiger partial charge in [-0.3, -0.25) is 4.79 Å². The lowest BCUT2D eigenvalue weighted by atomic mass is 10.1. The number of furan rings is 1. The summed E-state index contributed by atoms with van der Waals surface area (Å²) < 4.78 is 21.5. The molecular formula is C19H18O6. The summed E-state index contributed by atoms with van der Waals surface area (Å²) in [7, 11) is 0. The number of ketones is 1. The zero-order valence-electron chi connectivity index (χ0n) is 14.2. The molecule has 0 saturated heterocycles. The van der Waals surface area contributed by atoms with Crippen molar-refractivity contribution in [2.24, 2.45) is 0 Å². The number of rotatable bonds is 5. The summed E-state index contributed by atoms with van der Waals surface area (Å²) in [6.07, 6.45) is 0.799. The summed E-state index contributed by atoms with van der Waals surface area (Å²) in [6.45, 7) is 5.44. The molecular weight excluding hydrogens is 324 g/mol. The number of carbonyl (C=O) groups is 2. The van der Waals surface area contributed by atoms with Crippen LogP contribution in [0.4, 0.5) is 0 Å². The highest BCUT2D eigenvalue weighted by Gasteiger charge is 2.28. The van der Waals surface area contributed by atoms with Crippen molar-refractivity contribution in [3.63, 3.8) is 0 Å². The minimum absolute atomic E-state index is 0.181. The van der Waals surface area contributed by atoms with Crippen LogP contribution in [0.25, 0.3) is 6.08 Å². The van der Waals surface area contributed by atoms with Crippen molar-refractivity contribution in [1.82, 2.24) is 0 Å². The molecule has 0 unspecified atom stereocenters. The van der Waals surface area contributed by atoms with Crippen molar-refractivity contribution in [3.8, 4) is 11.5 Å². The average molecular weight is 342 g/mol. The third kappa shape index (κ3) is 3.57. The van der Waals surface area contributed by atoms with Crippen molar-refractivity contribution in [2.75, 3.05) is 6.61 Å². The lowest BCUT2D eigenvalue weighted by Gasteiger charge is -2.13. The molecule has 0 fully saturated rings. The molecule has 0 spiro atoms. The van der Waals surface area contributed by atoms with E-state index in [0.29, 0.717) is 22.8 Å². The van der Waals surface area contributed by atoms with Gasteiger partial charge < -0.3 is 18.6 Å². The zero-order valence-corrected chi connectivity index (χ0v) is 14.2. The predicted octanol–water partition coefficient (Wildman–Crippen LogP) is 3.53. The number of esters is 1. The first-order valence-electron chi connectivity index (χ1n) is 7.96. The highest BCUT2D eigenvalue weighted by atomic mass is 16.6. The Morgan fingerprint density at radius 1 is 1.28 bits per heavy atom. The minimum Gasteiger partial charge on any atom is -0.479 e. The van der Waals surface area contributed by atoms with Gasteiger partial charge in [-0.25, -0.2) is 4.79 Å². The molecule has 6 heteroatoms. The molecule has 0 radical (unpaired) electrons. The number of aryl methyl sites for hydroxylation is 1. The molecule has 0 saturated carbocycles. The molecule has 2 aromatic rings. The van der Waals surface area contributed by atoms with E-state index in [9.17, 15) is 9.59 Å². The van der Waals surface area contributed by atoms with Crippen LogP contribution in [0, 0.1) is 6.92 Å². The maximum Gasteiger partial charge on any atom is 0.347 e. The van der Waals surface area contributed by atoms with Crippen LogP contribution in [0.1, 0.15) is 35.7 Å². The molecule has 25 heavy (non-hydrogen) atoms. The zero-order chi connectivity index (χ0) is 18.0. The fourth-order valence-corrected chi connectivity index (χ4v) is 2.41. The second kappa shape index (κ2) is 6.84. The van der Waals surface area contributed by atoms with Gasteiger partial charge in [-0.2, -0.15) is 0 Å². The van der Waals surface area contributed by atoms with Crippen LogP contribution in [-0.4, -0.2) is 24.5 Å². The van der Waals surface area contributed by atoms with Crippen LogP contribution in [0.3, 0.4) is 0 Å². The molecule has 0 aliphatic carbocycles. The van der Waals surface area contributed by atoms with E-state index in [4.69, 9.17) is 18.6 Å². The van der Waals surface area contributed by atoms with Gasteiger partial charge in [-0.15, -0.1) is 0 Å². The van der Waals surface area contributed by atoms with E-state index in [1.54, 1.807) is 44.2 Å². The summed E-state index contributed by atoms with van der Waals surface area (Å²) in [6, 6.07) is 8.38. The Labute approximate surface area is 145 Å². The molecule has 6 nitrogen and oxygen atoms in total. The van der Waals surface area contributed by atoms with E-state index in [0.717, 1.165) is 5.76 Å². The molecule has 0 amide bonds. The fraction of sp³-hybridized carbons (Fsp3) is 0.263. The molecule has 2 heterocycles. The Morgan fingerprint density at radius 2 is 2.08 bits per heavy atom. The van der Waals surface area contributed by atoms with E-state index in [2.05, 4.69) is 0 Å². The maximum absolute atomic E-state index is 12.4. The van der Waals surface area contributed by atoms with Gasteiger partial charge in [0.25, 0.3) is 0 Å². The smallest absolute Gasteiger partial charge is 0.347 e. The van der Waals surface area contributed by atoms with Crippen LogP contribution in [0.2, 0.25) is 0 Å². The highest BCUT2D eigenvalue weighted by Crippen LogP contribution is 2.35. The van der Waals surface area contributed by atoms with E-state index in [1.165, 1.54) is 0 Å². The number of ether oxygens (including phenoxy) is 3. The number of hydrogen-bond donors (Lipinski definition) is 0.